The first-order chi connectivity index (χ1) is 16.6. The monoisotopic (exact) mass is 566 g/mol. The first kappa shape index (κ1) is 24.1. The van der Waals surface area contributed by atoms with Crippen molar-refractivity contribution in [3.8, 4) is 0 Å². The normalized spacial score (nSPS) is 15.1. The lowest BCUT2D eigenvalue weighted by molar-refractivity contribution is -0.233. The van der Waals surface area contributed by atoms with Gasteiger partial charge in [0.1, 0.15) is 6.61 Å². The average Bonchev–Trinajstić information content (AvgIpc) is 2.90. The Morgan fingerprint density at radius 3 is 1.59 bits per heavy atom. The summed E-state index contributed by atoms with van der Waals surface area (Å²) in [6.07, 6.45) is 2.18. The second-order valence-corrected chi connectivity index (χ2v) is 8.74. The Kier molecular flexibility index (Phi) is 8.05. The van der Waals surface area contributed by atoms with Crippen molar-refractivity contribution in [2.45, 2.75) is 25.6 Å². The van der Waals surface area contributed by atoms with Crippen LogP contribution in [0.2, 0.25) is 0 Å². The lowest BCUT2D eigenvalue weighted by Crippen LogP contribution is -2.49. The van der Waals surface area contributed by atoms with E-state index in [0.29, 0.717) is 6.29 Å². The van der Waals surface area contributed by atoms with Crippen molar-refractivity contribution in [3.63, 3.8) is 0 Å². The third-order valence-corrected chi connectivity index (χ3v) is 6.41. The van der Waals surface area contributed by atoms with Gasteiger partial charge in [0.2, 0.25) is 5.78 Å². The minimum atomic E-state index is -1.83. The zero-order valence-electron chi connectivity index (χ0n) is 18.4. The molecule has 0 unspecified atom stereocenters. The van der Waals surface area contributed by atoms with E-state index in [1.165, 1.54) is 6.08 Å². The van der Waals surface area contributed by atoms with Gasteiger partial charge in [-0.3, -0.25) is 9.59 Å². The van der Waals surface area contributed by atoms with Gasteiger partial charge in [-0.2, -0.15) is 0 Å². The fraction of sp³-hybridized carbons (Fsp3) is 0.143. The van der Waals surface area contributed by atoms with Crippen LogP contribution >= 0.6 is 22.6 Å². The van der Waals surface area contributed by atoms with E-state index in [9.17, 15) is 9.59 Å². The molecule has 0 aromatic heterocycles. The van der Waals surface area contributed by atoms with Gasteiger partial charge in [-0.05, 0) is 45.4 Å². The maximum absolute atomic E-state index is 13.7. The van der Waals surface area contributed by atoms with Crippen LogP contribution < -0.4 is 0 Å². The maximum atomic E-state index is 13.7. The quantitative estimate of drug-likeness (QED) is 0.179. The van der Waals surface area contributed by atoms with Gasteiger partial charge < -0.3 is 14.2 Å². The highest BCUT2D eigenvalue weighted by Crippen LogP contribution is 2.39. The van der Waals surface area contributed by atoms with Crippen molar-refractivity contribution >= 4 is 34.7 Å². The first-order valence-electron chi connectivity index (χ1n) is 10.8. The molecule has 0 aliphatic heterocycles. The lowest BCUT2D eigenvalue weighted by atomic mass is 9.98. The van der Waals surface area contributed by atoms with Crippen LogP contribution in [-0.4, -0.2) is 17.9 Å². The number of halogens is 1. The fourth-order valence-corrected chi connectivity index (χ4v) is 4.12. The maximum Gasteiger partial charge on any atom is 0.295 e. The van der Waals surface area contributed by atoms with Crippen LogP contribution in [0.1, 0.15) is 16.7 Å². The molecule has 5 nitrogen and oxygen atoms in total. The van der Waals surface area contributed by atoms with E-state index in [4.69, 9.17) is 14.2 Å². The van der Waals surface area contributed by atoms with Gasteiger partial charge in [-0.25, -0.2) is 0 Å². The molecule has 0 bridgehead atoms. The molecule has 6 heteroatoms. The molecule has 0 atom stereocenters. The largest absolute Gasteiger partial charge is 0.487 e. The fourth-order valence-electron chi connectivity index (χ4n) is 3.48. The predicted molar refractivity (Wildman–Crippen MR) is 137 cm³/mol. The van der Waals surface area contributed by atoms with Gasteiger partial charge in [0, 0.05) is 5.57 Å². The van der Waals surface area contributed by atoms with Crippen molar-refractivity contribution in [3.05, 3.63) is 129 Å². The Bertz CT molecular complexity index is 1140. The number of rotatable bonds is 10. The molecule has 0 saturated carbocycles. The summed E-state index contributed by atoms with van der Waals surface area (Å²) in [6.45, 7) is 0.426. The van der Waals surface area contributed by atoms with E-state index in [1.54, 1.807) is 0 Å². The molecular weight excluding hydrogens is 543 g/mol. The van der Waals surface area contributed by atoms with Gasteiger partial charge in [0.05, 0.1) is 16.8 Å². The third kappa shape index (κ3) is 5.52. The zero-order chi connectivity index (χ0) is 23.8. The highest BCUT2D eigenvalue weighted by molar-refractivity contribution is 14.1. The van der Waals surface area contributed by atoms with Gasteiger partial charge in [0.25, 0.3) is 5.79 Å². The van der Waals surface area contributed by atoms with Crippen LogP contribution in [0.5, 0.6) is 0 Å². The van der Waals surface area contributed by atoms with E-state index >= 15 is 0 Å². The minimum absolute atomic E-state index is 0.119. The smallest absolute Gasteiger partial charge is 0.295 e. The number of ether oxygens (including phenoxy) is 3. The third-order valence-electron chi connectivity index (χ3n) is 5.30. The Hall–Kier alpha value is -3.07. The molecule has 4 rings (SSSR count). The molecule has 3 aromatic rings. The Morgan fingerprint density at radius 1 is 0.706 bits per heavy atom. The second-order valence-electron chi connectivity index (χ2n) is 7.66. The number of hydrogen-bond donors (Lipinski definition) is 0. The molecule has 3 aromatic carbocycles. The summed E-state index contributed by atoms with van der Waals surface area (Å²) in [6, 6.07) is 28.6. The van der Waals surface area contributed by atoms with Crippen LogP contribution in [0.3, 0.4) is 0 Å². The van der Waals surface area contributed by atoms with Gasteiger partial charge >= 0.3 is 0 Å². The van der Waals surface area contributed by atoms with E-state index < -0.39 is 11.6 Å². The van der Waals surface area contributed by atoms with Gasteiger partial charge in [-0.15, -0.1) is 0 Å². The molecule has 0 heterocycles. The van der Waals surface area contributed by atoms with Crippen LogP contribution in [0.25, 0.3) is 0 Å². The summed E-state index contributed by atoms with van der Waals surface area (Å²) >= 11 is 1.87. The van der Waals surface area contributed by atoms with Crippen LogP contribution in [0, 0.1) is 0 Å². The standard InChI is InChI=1S/C28H23IO5/c29-26-24(17-30)16-25(32-18-21-10-4-1-5-11-21)28(27(26)31,33-19-22-12-6-2-7-13-22)34-20-23-14-8-3-9-15-23/h1-17H,18-20H2. The van der Waals surface area contributed by atoms with Gasteiger partial charge in [-0.1, -0.05) is 91.0 Å². The number of hydrogen-bond acceptors (Lipinski definition) is 5. The second kappa shape index (κ2) is 11.4. The zero-order valence-corrected chi connectivity index (χ0v) is 20.5. The molecule has 1 aliphatic rings. The van der Waals surface area contributed by atoms with Crippen molar-refractivity contribution in [1.29, 1.82) is 0 Å². The molecule has 0 spiro atoms. The Balaban J connectivity index is 1.70. The molecule has 1 aliphatic carbocycles. The number of benzene rings is 3. The molecule has 34 heavy (non-hydrogen) atoms. The van der Waals surface area contributed by atoms with E-state index in [0.717, 1.165) is 16.7 Å². The molecule has 0 N–H and O–H groups in total. The number of carbonyl (C=O) groups is 2. The first-order valence-corrected chi connectivity index (χ1v) is 11.8. The van der Waals surface area contributed by atoms with E-state index in [-0.39, 0.29) is 34.7 Å². The number of Topliss-reactive ketones (excluding diaryl/α,β-unsaturated/α-hetero) is 1. The molecule has 172 valence electrons. The van der Waals surface area contributed by atoms with Crippen LogP contribution in [-0.2, 0) is 43.6 Å². The van der Waals surface area contributed by atoms with Crippen molar-refractivity contribution in [2.24, 2.45) is 0 Å². The Labute approximate surface area is 212 Å². The highest BCUT2D eigenvalue weighted by atomic mass is 127. The summed E-state index contributed by atoms with van der Waals surface area (Å²) < 4.78 is 18.8. The summed E-state index contributed by atoms with van der Waals surface area (Å²) in [5.41, 5.74) is 2.89. The number of carbonyl (C=O) groups excluding carboxylic acids is 2. The van der Waals surface area contributed by atoms with Crippen molar-refractivity contribution in [2.75, 3.05) is 0 Å². The van der Waals surface area contributed by atoms with Crippen LogP contribution in [0.4, 0.5) is 0 Å². The summed E-state index contributed by atoms with van der Waals surface area (Å²) in [7, 11) is 0. The molecule has 0 amide bonds. The molecule has 0 saturated heterocycles. The SMILES string of the molecule is O=CC1=C(I)C(=O)C(OCc2ccccc2)(OCc2ccccc2)C(OCc2ccccc2)=C1. The van der Waals surface area contributed by atoms with Crippen molar-refractivity contribution in [1.82, 2.24) is 0 Å². The molecule has 0 radical (unpaired) electrons. The van der Waals surface area contributed by atoms with Crippen molar-refractivity contribution < 1.29 is 23.8 Å². The summed E-state index contributed by atoms with van der Waals surface area (Å²) in [5, 5.41) is 0. The van der Waals surface area contributed by atoms with Gasteiger partial charge in [0.15, 0.2) is 12.0 Å². The number of ketones is 1. The summed E-state index contributed by atoms with van der Waals surface area (Å²) in [4.78, 5) is 25.4. The molecular formula is C28H23IO5. The minimum Gasteiger partial charge on any atom is -0.487 e. The average molecular weight is 566 g/mol. The van der Waals surface area contributed by atoms with E-state index in [2.05, 4.69) is 0 Å². The number of aldehydes is 1. The summed E-state index contributed by atoms with van der Waals surface area (Å²) in [5.74, 6) is -2.15. The predicted octanol–water partition coefficient (Wildman–Crippen LogP) is 5.69. The topological polar surface area (TPSA) is 61.8 Å². The number of allylic oxidation sites excluding steroid dienone is 2. The van der Waals surface area contributed by atoms with E-state index in [1.807, 2.05) is 114 Å². The Morgan fingerprint density at radius 2 is 1.15 bits per heavy atom. The lowest BCUT2D eigenvalue weighted by Gasteiger charge is -2.36. The van der Waals surface area contributed by atoms with Crippen LogP contribution in [0.15, 0.2) is 112 Å². The highest BCUT2D eigenvalue weighted by Gasteiger charge is 2.51. The molecule has 0 fully saturated rings.